The van der Waals surface area contributed by atoms with Gasteiger partial charge >= 0.3 is 0 Å². The Morgan fingerprint density at radius 2 is 1.71 bits per heavy atom. The molecule has 0 saturated heterocycles. The van der Waals surface area contributed by atoms with Crippen LogP contribution in [0.1, 0.15) is 26.3 Å². The molecule has 0 aromatic heterocycles. The molecule has 1 rings (SSSR count). The number of rotatable bonds is 0. The fourth-order valence-electron chi connectivity index (χ4n) is 0.899. The lowest BCUT2D eigenvalue weighted by atomic mass is 9.88. The maximum absolute atomic E-state index is 5.92. The first-order chi connectivity index (χ1) is 6.50. The summed E-state index contributed by atoms with van der Waals surface area (Å²) in [5, 5.41) is 0. The maximum atomic E-state index is 5.92. The third-order valence-electron chi connectivity index (χ3n) is 2.08. The van der Waals surface area contributed by atoms with E-state index in [9.17, 15) is 0 Å². The van der Waals surface area contributed by atoms with Crippen molar-refractivity contribution in [3.8, 4) is 11.8 Å². The molecule has 0 aliphatic rings. The molecule has 0 bridgehead atoms. The van der Waals surface area contributed by atoms with E-state index in [1.54, 1.807) is 0 Å². The largest absolute Gasteiger partial charge is 0.317 e. The Bertz CT molecular complexity index is 335. The van der Waals surface area contributed by atoms with Gasteiger partial charge in [0, 0.05) is 5.56 Å². The van der Waals surface area contributed by atoms with Crippen molar-refractivity contribution in [2.45, 2.75) is 26.8 Å². The van der Waals surface area contributed by atoms with E-state index in [0.717, 1.165) is 5.56 Å². The lowest BCUT2D eigenvalue weighted by molar-refractivity contribution is 0.374. The van der Waals surface area contributed by atoms with E-state index in [1.807, 2.05) is 30.3 Å². The minimum atomic E-state index is -0.0808. The first kappa shape index (κ1) is 10.8. The van der Waals surface area contributed by atoms with Crippen molar-refractivity contribution in [1.82, 2.24) is 0 Å². The zero-order chi connectivity index (χ0) is 10.6. The minimum Gasteiger partial charge on any atom is -0.317 e. The highest BCUT2D eigenvalue weighted by Gasteiger charge is 2.17. The van der Waals surface area contributed by atoms with Gasteiger partial charge < -0.3 is 5.73 Å². The summed E-state index contributed by atoms with van der Waals surface area (Å²) in [4.78, 5) is 0. The van der Waals surface area contributed by atoms with Crippen LogP contribution in [0.25, 0.3) is 0 Å². The van der Waals surface area contributed by atoms with Crippen molar-refractivity contribution in [2.75, 3.05) is 0 Å². The van der Waals surface area contributed by atoms with E-state index in [2.05, 4.69) is 32.6 Å². The highest BCUT2D eigenvalue weighted by Crippen LogP contribution is 2.16. The van der Waals surface area contributed by atoms with Gasteiger partial charge in [0.2, 0.25) is 0 Å². The van der Waals surface area contributed by atoms with Gasteiger partial charge in [-0.3, -0.25) is 0 Å². The quantitative estimate of drug-likeness (QED) is 0.620. The van der Waals surface area contributed by atoms with Gasteiger partial charge in [0.1, 0.15) is 0 Å². The first-order valence-electron chi connectivity index (χ1n) is 4.82. The number of benzene rings is 1. The highest BCUT2D eigenvalue weighted by molar-refractivity contribution is 5.35. The van der Waals surface area contributed by atoms with Gasteiger partial charge in [0.15, 0.2) is 0 Å². The van der Waals surface area contributed by atoms with Crippen LogP contribution in [-0.2, 0) is 0 Å². The van der Waals surface area contributed by atoms with Gasteiger partial charge in [-0.05, 0) is 17.5 Å². The van der Waals surface area contributed by atoms with Crippen molar-refractivity contribution in [3.05, 3.63) is 35.9 Å². The smallest absolute Gasteiger partial charge is 0.0717 e. The Morgan fingerprint density at radius 3 is 2.21 bits per heavy atom. The Balaban J connectivity index is 2.74. The molecule has 1 nitrogen and oxygen atoms in total. The van der Waals surface area contributed by atoms with Crippen molar-refractivity contribution >= 4 is 0 Å². The summed E-state index contributed by atoms with van der Waals surface area (Å²) in [6.07, 6.45) is 0. The molecule has 2 N–H and O–H groups in total. The maximum Gasteiger partial charge on any atom is 0.0717 e. The van der Waals surface area contributed by atoms with Crippen LogP contribution in [0.2, 0.25) is 0 Å². The van der Waals surface area contributed by atoms with Crippen molar-refractivity contribution in [2.24, 2.45) is 11.1 Å². The molecule has 0 saturated carbocycles. The summed E-state index contributed by atoms with van der Waals surface area (Å²) in [6.45, 7) is 6.28. The summed E-state index contributed by atoms with van der Waals surface area (Å²) in [5.41, 5.74) is 6.99. The molecule has 1 aromatic carbocycles. The molecule has 0 fully saturated rings. The molecule has 1 aromatic rings. The number of hydrogen-bond acceptors (Lipinski definition) is 1. The van der Waals surface area contributed by atoms with Gasteiger partial charge in [0.05, 0.1) is 6.04 Å². The van der Waals surface area contributed by atoms with E-state index in [1.165, 1.54) is 0 Å². The predicted molar refractivity (Wildman–Crippen MR) is 60.8 cm³/mol. The average Bonchev–Trinajstić information content (AvgIpc) is 2.14. The van der Waals surface area contributed by atoms with Crippen LogP contribution in [0.4, 0.5) is 0 Å². The number of hydrogen-bond donors (Lipinski definition) is 1. The van der Waals surface area contributed by atoms with E-state index < -0.39 is 0 Å². The van der Waals surface area contributed by atoms with Gasteiger partial charge in [-0.1, -0.05) is 50.8 Å². The zero-order valence-electron chi connectivity index (χ0n) is 9.04. The summed E-state index contributed by atoms with van der Waals surface area (Å²) in [5.74, 6) is 6.14. The lowest BCUT2D eigenvalue weighted by Gasteiger charge is -2.21. The first-order valence-corrected chi connectivity index (χ1v) is 4.82. The van der Waals surface area contributed by atoms with E-state index in [4.69, 9.17) is 5.73 Å². The van der Waals surface area contributed by atoms with Gasteiger partial charge in [-0.15, -0.1) is 0 Å². The topological polar surface area (TPSA) is 26.0 Å². The molecule has 74 valence electrons. The second kappa shape index (κ2) is 4.30. The summed E-state index contributed by atoms with van der Waals surface area (Å²) < 4.78 is 0. The van der Waals surface area contributed by atoms with Gasteiger partial charge in [-0.2, -0.15) is 0 Å². The molecule has 0 spiro atoms. The van der Waals surface area contributed by atoms with E-state index in [-0.39, 0.29) is 11.5 Å². The molecule has 0 aliphatic carbocycles. The van der Waals surface area contributed by atoms with Crippen LogP contribution >= 0.6 is 0 Å². The highest BCUT2D eigenvalue weighted by atomic mass is 14.6. The van der Waals surface area contributed by atoms with Crippen LogP contribution in [0.15, 0.2) is 30.3 Å². The molecule has 0 amide bonds. The molecule has 1 heteroatoms. The third-order valence-corrected chi connectivity index (χ3v) is 2.08. The van der Waals surface area contributed by atoms with Crippen molar-refractivity contribution in [3.63, 3.8) is 0 Å². The average molecular weight is 187 g/mol. The summed E-state index contributed by atoms with van der Waals surface area (Å²) in [6, 6.07) is 9.83. The Hall–Kier alpha value is -1.26. The molecular formula is C13H17N. The molecule has 14 heavy (non-hydrogen) atoms. The zero-order valence-corrected chi connectivity index (χ0v) is 9.04. The van der Waals surface area contributed by atoms with Crippen LogP contribution < -0.4 is 5.73 Å². The molecular weight excluding hydrogens is 170 g/mol. The fraction of sp³-hybridized carbons (Fsp3) is 0.385. The lowest BCUT2D eigenvalue weighted by Crippen LogP contribution is -2.33. The van der Waals surface area contributed by atoms with Crippen LogP contribution in [0.5, 0.6) is 0 Å². The van der Waals surface area contributed by atoms with Gasteiger partial charge in [-0.25, -0.2) is 0 Å². The van der Waals surface area contributed by atoms with Crippen LogP contribution in [0.3, 0.4) is 0 Å². The van der Waals surface area contributed by atoms with Crippen molar-refractivity contribution < 1.29 is 0 Å². The van der Waals surface area contributed by atoms with Crippen molar-refractivity contribution in [1.29, 1.82) is 0 Å². The second-order valence-corrected chi connectivity index (χ2v) is 4.48. The third kappa shape index (κ3) is 3.24. The van der Waals surface area contributed by atoms with Gasteiger partial charge in [0.25, 0.3) is 0 Å². The monoisotopic (exact) mass is 187 g/mol. The standard InChI is InChI=1S/C13H17N/c1-13(2,3)12(14)10-9-11-7-5-4-6-8-11/h4-8,12H,14H2,1-3H3. The molecule has 0 aliphatic heterocycles. The Labute approximate surface area is 86.3 Å². The predicted octanol–water partition coefficient (Wildman–Crippen LogP) is 2.41. The summed E-state index contributed by atoms with van der Waals surface area (Å²) in [7, 11) is 0. The Kier molecular flexibility index (Phi) is 3.33. The number of nitrogens with two attached hydrogens (primary N) is 1. The molecule has 1 atom stereocenters. The second-order valence-electron chi connectivity index (χ2n) is 4.48. The van der Waals surface area contributed by atoms with E-state index in [0.29, 0.717) is 0 Å². The van der Waals surface area contributed by atoms with E-state index >= 15 is 0 Å². The molecule has 0 radical (unpaired) electrons. The normalized spacial score (nSPS) is 12.9. The molecule has 1 unspecified atom stereocenters. The van der Waals surface area contributed by atoms with Crippen LogP contribution in [0, 0.1) is 17.3 Å². The van der Waals surface area contributed by atoms with Crippen LogP contribution in [-0.4, -0.2) is 6.04 Å². The summed E-state index contributed by atoms with van der Waals surface area (Å²) >= 11 is 0. The SMILES string of the molecule is CC(C)(C)C(N)C#Cc1ccccc1. The fourth-order valence-corrected chi connectivity index (χ4v) is 0.899. The molecule has 0 heterocycles. The Morgan fingerprint density at radius 1 is 1.14 bits per heavy atom. The minimum absolute atomic E-state index is 0.0434.